The van der Waals surface area contributed by atoms with E-state index in [9.17, 15) is 8.42 Å². The zero-order valence-corrected chi connectivity index (χ0v) is 15.0. The van der Waals surface area contributed by atoms with Gasteiger partial charge >= 0.3 is 0 Å². The third kappa shape index (κ3) is 2.75. The fourth-order valence-corrected chi connectivity index (χ4v) is 4.98. The second-order valence-electron chi connectivity index (χ2n) is 5.40. The van der Waals surface area contributed by atoms with Gasteiger partial charge in [-0.3, -0.25) is 0 Å². The molecule has 0 spiro atoms. The van der Waals surface area contributed by atoms with Crippen LogP contribution in [0.1, 0.15) is 16.4 Å². The monoisotopic (exact) mass is 389 g/mol. The number of aryl methyl sites for hydroxylation is 1. The maximum atomic E-state index is 13.1. The molecule has 0 N–H and O–H groups in total. The van der Waals surface area contributed by atoms with Gasteiger partial charge in [0, 0.05) is 16.1 Å². The molecule has 0 saturated heterocycles. The van der Waals surface area contributed by atoms with E-state index in [-0.39, 0.29) is 0 Å². The van der Waals surface area contributed by atoms with Crippen molar-refractivity contribution in [2.45, 2.75) is 12.2 Å². The molecule has 1 unspecified atom stereocenters. The van der Waals surface area contributed by atoms with Crippen LogP contribution in [-0.4, -0.2) is 12.4 Å². The number of nitrogens with zero attached hydrogens (tertiary/aromatic N) is 1. The topological polar surface area (TPSA) is 39.1 Å². The Balaban J connectivity index is 2.19. The Bertz CT molecular complexity index is 972. The summed E-state index contributed by atoms with van der Waals surface area (Å²) in [6, 6.07) is 14.9. The molecule has 3 nitrogen and oxygen atoms in total. The number of hydrogen-bond acceptors (Lipinski definition) is 2. The Morgan fingerprint density at radius 3 is 2.43 bits per heavy atom. The van der Waals surface area contributed by atoms with Gasteiger partial charge in [-0.05, 0) is 34.5 Å². The molecular formula is C18H16BrNO2S. The second-order valence-corrected chi connectivity index (χ2v) is 8.19. The van der Waals surface area contributed by atoms with E-state index in [0.717, 1.165) is 15.4 Å². The van der Waals surface area contributed by atoms with Crippen LogP contribution in [0.15, 0.2) is 71.9 Å². The Hall–Kier alpha value is -1.85. The Kier molecular flexibility index (Phi) is 4.17. The number of aromatic nitrogens is 1. The van der Waals surface area contributed by atoms with Gasteiger partial charge in [0.05, 0.1) is 5.52 Å². The van der Waals surface area contributed by atoms with Crippen LogP contribution in [0.4, 0.5) is 0 Å². The first-order valence-electron chi connectivity index (χ1n) is 7.14. The number of rotatable bonds is 4. The minimum atomic E-state index is -3.65. The maximum absolute atomic E-state index is 13.1. The van der Waals surface area contributed by atoms with E-state index in [4.69, 9.17) is 0 Å². The van der Waals surface area contributed by atoms with Crippen LogP contribution in [0, 0.1) is 6.92 Å². The lowest BCUT2D eigenvalue weighted by atomic mass is 10.1. The zero-order chi connectivity index (χ0) is 16.6. The standard InChI is InChI=1S/C18H16BrNO2S/c1-3-18(14-10-8-13(2)9-11-14)23(21,22)20-12-16(19)15-6-4-5-7-17(15)20/h3-12,18H,1H2,2H3. The summed E-state index contributed by atoms with van der Waals surface area (Å²) in [7, 11) is -3.65. The molecule has 3 rings (SSSR count). The van der Waals surface area contributed by atoms with Crippen LogP contribution in [0.3, 0.4) is 0 Å². The molecule has 1 heterocycles. The van der Waals surface area contributed by atoms with Gasteiger partial charge in [-0.2, -0.15) is 0 Å². The van der Waals surface area contributed by atoms with Crippen molar-refractivity contribution in [1.82, 2.24) is 3.97 Å². The smallest absolute Gasteiger partial charge is 0.243 e. The summed E-state index contributed by atoms with van der Waals surface area (Å²) < 4.78 is 28.4. The van der Waals surface area contributed by atoms with E-state index < -0.39 is 15.3 Å². The van der Waals surface area contributed by atoms with E-state index in [1.54, 1.807) is 12.3 Å². The molecule has 0 aliphatic heterocycles. The summed E-state index contributed by atoms with van der Waals surface area (Å²) in [5.74, 6) is 0. The number of hydrogen-bond donors (Lipinski definition) is 0. The summed E-state index contributed by atoms with van der Waals surface area (Å²) in [4.78, 5) is 0. The first-order chi connectivity index (χ1) is 10.9. The molecule has 1 atom stereocenters. The molecule has 5 heteroatoms. The molecule has 0 saturated carbocycles. The van der Waals surface area contributed by atoms with Crippen molar-refractivity contribution < 1.29 is 8.42 Å². The molecule has 118 valence electrons. The summed E-state index contributed by atoms with van der Waals surface area (Å²) in [5, 5.41) is 0.0635. The highest BCUT2D eigenvalue weighted by atomic mass is 79.9. The lowest BCUT2D eigenvalue weighted by molar-refractivity contribution is 0.583. The van der Waals surface area contributed by atoms with E-state index >= 15 is 0 Å². The zero-order valence-electron chi connectivity index (χ0n) is 12.6. The highest BCUT2D eigenvalue weighted by Gasteiger charge is 2.28. The second kappa shape index (κ2) is 5.98. The first kappa shape index (κ1) is 16.0. The van der Waals surface area contributed by atoms with Crippen LogP contribution >= 0.6 is 15.9 Å². The number of para-hydroxylation sites is 1. The molecule has 0 aliphatic carbocycles. The summed E-state index contributed by atoms with van der Waals surface area (Å²) in [6.45, 7) is 5.70. The first-order valence-corrected chi connectivity index (χ1v) is 9.44. The molecule has 0 amide bonds. The fourth-order valence-electron chi connectivity index (χ4n) is 2.63. The van der Waals surface area contributed by atoms with Crippen molar-refractivity contribution in [2.75, 3.05) is 0 Å². The Labute approximate surface area is 144 Å². The summed E-state index contributed by atoms with van der Waals surface area (Å²) in [6.07, 6.45) is 3.08. The van der Waals surface area contributed by atoms with Crippen molar-refractivity contribution in [3.05, 3.63) is 83.0 Å². The SMILES string of the molecule is C=CC(c1ccc(C)cc1)S(=O)(=O)n1cc(Br)c2ccccc21. The van der Waals surface area contributed by atoms with Crippen LogP contribution in [0.25, 0.3) is 10.9 Å². The minimum absolute atomic E-state index is 0.651. The average molecular weight is 390 g/mol. The van der Waals surface area contributed by atoms with Crippen LogP contribution in [0.2, 0.25) is 0 Å². The highest BCUT2D eigenvalue weighted by Crippen LogP contribution is 2.32. The molecule has 1 aromatic heterocycles. The van der Waals surface area contributed by atoms with Gasteiger partial charge in [-0.15, -0.1) is 6.58 Å². The third-order valence-corrected chi connectivity index (χ3v) is 6.43. The molecule has 0 fully saturated rings. The van der Waals surface area contributed by atoms with Crippen molar-refractivity contribution >= 4 is 36.9 Å². The maximum Gasteiger partial charge on any atom is 0.249 e. The molecule has 0 radical (unpaired) electrons. The van der Waals surface area contributed by atoms with Gasteiger partial charge in [0.25, 0.3) is 0 Å². The highest BCUT2D eigenvalue weighted by molar-refractivity contribution is 9.10. The molecule has 23 heavy (non-hydrogen) atoms. The van der Waals surface area contributed by atoms with Crippen molar-refractivity contribution in [1.29, 1.82) is 0 Å². The molecule has 0 bridgehead atoms. The van der Waals surface area contributed by atoms with Gasteiger partial charge in [-0.1, -0.05) is 54.1 Å². The fraction of sp³-hybridized carbons (Fsp3) is 0.111. The largest absolute Gasteiger partial charge is 0.249 e. The number of halogens is 1. The van der Waals surface area contributed by atoms with Gasteiger partial charge in [0.2, 0.25) is 10.0 Å². The normalized spacial score (nSPS) is 13.1. The van der Waals surface area contributed by atoms with Gasteiger partial charge in [-0.25, -0.2) is 12.4 Å². The van der Waals surface area contributed by atoms with E-state index in [2.05, 4.69) is 22.5 Å². The quantitative estimate of drug-likeness (QED) is 0.600. The number of benzene rings is 2. The minimum Gasteiger partial charge on any atom is -0.243 e. The van der Waals surface area contributed by atoms with Gasteiger partial charge in [0.15, 0.2) is 0 Å². The summed E-state index contributed by atoms with van der Waals surface area (Å²) >= 11 is 3.44. The Morgan fingerprint density at radius 1 is 1.13 bits per heavy atom. The van der Waals surface area contributed by atoms with Crippen LogP contribution in [-0.2, 0) is 10.0 Å². The average Bonchev–Trinajstić information content (AvgIpc) is 2.88. The van der Waals surface area contributed by atoms with Crippen LogP contribution in [0.5, 0.6) is 0 Å². The van der Waals surface area contributed by atoms with Gasteiger partial charge in [0.1, 0.15) is 5.25 Å². The van der Waals surface area contributed by atoms with Crippen LogP contribution < -0.4 is 0 Å². The van der Waals surface area contributed by atoms with Gasteiger partial charge < -0.3 is 0 Å². The predicted molar refractivity (Wildman–Crippen MR) is 98.1 cm³/mol. The van der Waals surface area contributed by atoms with Crippen molar-refractivity contribution in [3.63, 3.8) is 0 Å². The summed E-state index contributed by atoms with van der Waals surface area (Å²) in [5.41, 5.74) is 2.45. The van der Waals surface area contributed by atoms with E-state index in [1.165, 1.54) is 10.0 Å². The molecule has 2 aromatic carbocycles. The molecular weight excluding hydrogens is 374 g/mol. The number of fused-ring (bicyclic) bond motifs is 1. The van der Waals surface area contributed by atoms with E-state index in [1.807, 2.05) is 49.4 Å². The Morgan fingerprint density at radius 2 is 1.78 bits per heavy atom. The molecule has 0 aliphatic rings. The molecule has 3 aromatic rings. The predicted octanol–water partition coefficient (Wildman–Crippen LogP) is 4.82. The lowest BCUT2D eigenvalue weighted by Crippen LogP contribution is -2.19. The lowest BCUT2D eigenvalue weighted by Gasteiger charge is -2.16. The van der Waals surface area contributed by atoms with Crippen molar-refractivity contribution in [2.24, 2.45) is 0 Å². The van der Waals surface area contributed by atoms with E-state index in [0.29, 0.717) is 11.1 Å². The van der Waals surface area contributed by atoms with Crippen molar-refractivity contribution in [3.8, 4) is 0 Å². The third-order valence-electron chi connectivity index (χ3n) is 3.84.